The standard InChI is InChI=1S/C18H31NO2/c1-14-12-15(2)18(16(3)13-14)17(4)19-8-6-7-9-21-11-10-20-5/h12-13,17,19H,6-11H2,1-5H3. The predicted molar refractivity (Wildman–Crippen MR) is 89.0 cm³/mol. The van der Waals surface area contributed by atoms with Crippen LogP contribution >= 0.6 is 0 Å². The second kappa shape index (κ2) is 9.93. The van der Waals surface area contributed by atoms with Crippen molar-refractivity contribution in [2.75, 3.05) is 33.5 Å². The third-order valence-corrected chi connectivity index (χ3v) is 3.77. The van der Waals surface area contributed by atoms with Gasteiger partial charge in [-0.2, -0.15) is 0 Å². The average molecular weight is 293 g/mol. The molecule has 0 radical (unpaired) electrons. The SMILES string of the molecule is COCCOCCCCNC(C)c1c(C)cc(C)cc1C. The van der Waals surface area contributed by atoms with Crippen LogP contribution in [0.3, 0.4) is 0 Å². The molecule has 0 saturated heterocycles. The van der Waals surface area contributed by atoms with Gasteiger partial charge in [-0.25, -0.2) is 0 Å². The van der Waals surface area contributed by atoms with E-state index in [1.807, 2.05) is 0 Å². The van der Waals surface area contributed by atoms with E-state index in [1.165, 1.54) is 22.3 Å². The number of rotatable bonds is 10. The maximum absolute atomic E-state index is 5.46. The molecule has 1 aromatic rings. The molecule has 1 N–H and O–H groups in total. The Labute approximate surface area is 130 Å². The van der Waals surface area contributed by atoms with Crippen LogP contribution in [0, 0.1) is 20.8 Å². The van der Waals surface area contributed by atoms with Crippen LogP contribution in [0.2, 0.25) is 0 Å². The van der Waals surface area contributed by atoms with E-state index in [4.69, 9.17) is 9.47 Å². The van der Waals surface area contributed by atoms with Crippen molar-refractivity contribution in [3.05, 3.63) is 34.4 Å². The lowest BCUT2D eigenvalue weighted by atomic mass is 9.95. The molecule has 21 heavy (non-hydrogen) atoms. The van der Waals surface area contributed by atoms with Gasteiger partial charge in [0.15, 0.2) is 0 Å². The number of aryl methyl sites for hydroxylation is 3. The summed E-state index contributed by atoms with van der Waals surface area (Å²) in [5.41, 5.74) is 5.55. The molecule has 0 heterocycles. The molecule has 0 spiro atoms. The van der Waals surface area contributed by atoms with Gasteiger partial charge in [-0.3, -0.25) is 0 Å². The zero-order valence-corrected chi connectivity index (χ0v) is 14.3. The first kappa shape index (κ1) is 18.1. The summed E-state index contributed by atoms with van der Waals surface area (Å²) in [5, 5.41) is 3.62. The third-order valence-electron chi connectivity index (χ3n) is 3.77. The van der Waals surface area contributed by atoms with E-state index in [2.05, 4.69) is 45.1 Å². The molecule has 1 unspecified atom stereocenters. The Balaban J connectivity index is 2.27. The maximum atomic E-state index is 5.46. The summed E-state index contributed by atoms with van der Waals surface area (Å²) in [6, 6.07) is 4.94. The zero-order chi connectivity index (χ0) is 15.7. The molecule has 0 aliphatic rings. The van der Waals surface area contributed by atoms with E-state index in [9.17, 15) is 0 Å². The molecule has 0 aliphatic carbocycles. The fraction of sp³-hybridized carbons (Fsp3) is 0.667. The lowest BCUT2D eigenvalue weighted by Crippen LogP contribution is -2.22. The van der Waals surface area contributed by atoms with Crippen LogP contribution in [-0.2, 0) is 9.47 Å². The summed E-state index contributed by atoms with van der Waals surface area (Å²) < 4.78 is 10.4. The summed E-state index contributed by atoms with van der Waals surface area (Å²) in [6.45, 7) is 12.0. The van der Waals surface area contributed by atoms with Gasteiger partial charge < -0.3 is 14.8 Å². The fourth-order valence-electron chi connectivity index (χ4n) is 2.87. The van der Waals surface area contributed by atoms with E-state index in [-0.39, 0.29) is 0 Å². The van der Waals surface area contributed by atoms with Crippen molar-refractivity contribution in [1.29, 1.82) is 0 Å². The summed E-state index contributed by atoms with van der Waals surface area (Å²) in [6.07, 6.45) is 2.23. The van der Waals surface area contributed by atoms with E-state index in [0.29, 0.717) is 19.3 Å². The van der Waals surface area contributed by atoms with Crippen LogP contribution in [0.1, 0.15) is 48.1 Å². The number of nitrogens with one attached hydrogen (secondary N) is 1. The van der Waals surface area contributed by atoms with E-state index < -0.39 is 0 Å². The van der Waals surface area contributed by atoms with Crippen LogP contribution < -0.4 is 5.32 Å². The molecule has 3 nitrogen and oxygen atoms in total. The van der Waals surface area contributed by atoms with E-state index >= 15 is 0 Å². The van der Waals surface area contributed by atoms with Gasteiger partial charge in [-0.1, -0.05) is 17.7 Å². The monoisotopic (exact) mass is 293 g/mol. The highest BCUT2D eigenvalue weighted by molar-refractivity contribution is 5.39. The Kier molecular flexibility index (Phi) is 8.58. The van der Waals surface area contributed by atoms with Gasteiger partial charge in [-0.05, 0) is 63.8 Å². The minimum absolute atomic E-state index is 0.403. The topological polar surface area (TPSA) is 30.5 Å². The molecular formula is C18H31NO2. The van der Waals surface area contributed by atoms with Gasteiger partial charge in [0, 0.05) is 19.8 Å². The number of ether oxygens (including phenoxy) is 2. The van der Waals surface area contributed by atoms with Gasteiger partial charge in [0.2, 0.25) is 0 Å². The molecule has 0 saturated carbocycles. The highest BCUT2D eigenvalue weighted by atomic mass is 16.5. The fourth-order valence-corrected chi connectivity index (χ4v) is 2.87. The largest absolute Gasteiger partial charge is 0.382 e. The quantitative estimate of drug-likeness (QED) is 0.667. The molecule has 0 aliphatic heterocycles. The summed E-state index contributed by atoms with van der Waals surface area (Å²) in [7, 11) is 1.70. The first-order valence-corrected chi connectivity index (χ1v) is 7.94. The summed E-state index contributed by atoms with van der Waals surface area (Å²) in [4.78, 5) is 0. The molecule has 1 rings (SSSR count). The zero-order valence-electron chi connectivity index (χ0n) is 14.3. The van der Waals surface area contributed by atoms with Crippen molar-refractivity contribution >= 4 is 0 Å². The molecule has 0 bridgehead atoms. The predicted octanol–water partition coefficient (Wildman–Crippen LogP) is 3.71. The van der Waals surface area contributed by atoms with Crippen molar-refractivity contribution in [3.8, 4) is 0 Å². The summed E-state index contributed by atoms with van der Waals surface area (Å²) in [5.74, 6) is 0. The number of benzene rings is 1. The molecule has 3 heteroatoms. The average Bonchev–Trinajstić information content (AvgIpc) is 2.40. The minimum Gasteiger partial charge on any atom is -0.382 e. The van der Waals surface area contributed by atoms with Gasteiger partial charge in [0.05, 0.1) is 13.2 Å². The number of unbranched alkanes of at least 4 members (excludes halogenated alkanes) is 1. The Hall–Kier alpha value is -0.900. The summed E-state index contributed by atoms with van der Waals surface area (Å²) >= 11 is 0. The van der Waals surface area contributed by atoms with Gasteiger partial charge >= 0.3 is 0 Å². The third kappa shape index (κ3) is 6.60. The van der Waals surface area contributed by atoms with Crippen molar-refractivity contribution in [2.24, 2.45) is 0 Å². The molecule has 0 aromatic heterocycles. The van der Waals surface area contributed by atoms with E-state index in [0.717, 1.165) is 26.0 Å². The van der Waals surface area contributed by atoms with Crippen molar-refractivity contribution < 1.29 is 9.47 Å². The Morgan fingerprint density at radius 2 is 1.67 bits per heavy atom. The van der Waals surface area contributed by atoms with Crippen molar-refractivity contribution in [3.63, 3.8) is 0 Å². The van der Waals surface area contributed by atoms with Gasteiger partial charge in [0.25, 0.3) is 0 Å². The van der Waals surface area contributed by atoms with Crippen LogP contribution in [-0.4, -0.2) is 33.5 Å². The Bertz CT molecular complexity index is 395. The normalized spacial score (nSPS) is 12.6. The second-order valence-corrected chi connectivity index (χ2v) is 5.80. The number of hydrogen-bond donors (Lipinski definition) is 1. The molecule has 0 fully saturated rings. The smallest absolute Gasteiger partial charge is 0.0700 e. The van der Waals surface area contributed by atoms with Gasteiger partial charge in [0.1, 0.15) is 0 Å². The number of hydrogen-bond acceptors (Lipinski definition) is 3. The minimum atomic E-state index is 0.403. The van der Waals surface area contributed by atoms with Gasteiger partial charge in [-0.15, -0.1) is 0 Å². The highest BCUT2D eigenvalue weighted by Crippen LogP contribution is 2.23. The van der Waals surface area contributed by atoms with Crippen molar-refractivity contribution in [1.82, 2.24) is 5.32 Å². The molecular weight excluding hydrogens is 262 g/mol. The molecule has 120 valence electrons. The van der Waals surface area contributed by atoms with Crippen LogP contribution in [0.25, 0.3) is 0 Å². The number of methoxy groups -OCH3 is 1. The first-order valence-electron chi connectivity index (χ1n) is 7.94. The second-order valence-electron chi connectivity index (χ2n) is 5.80. The van der Waals surface area contributed by atoms with Crippen LogP contribution in [0.4, 0.5) is 0 Å². The molecule has 1 atom stereocenters. The maximum Gasteiger partial charge on any atom is 0.0700 e. The lowest BCUT2D eigenvalue weighted by molar-refractivity contribution is 0.0687. The lowest BCUT2D eigenvalue weighted by Gasteiger charge is -2.20. The Morgan fingerprint density at radius 1 is 1.00 bits per heavy atom. The molecule has 1 aromatic carbocycles. The van der Waals surface area contributed by atoms with Crippen molar-refractivity contribution in [2.45, 2.75) is 46.6 Å². The Morgan fingerprint density at radius 3 is 2.29 bits per heavy atom. The highest BCUT2D eigenvalue weighted by Gasteiger charge is 2.11. The van der Waals surface area contributed by atoms with E-state index in [1.54, 1.807) is 7.11 Å². The van der Waals surface area contributed by atoms with Crippen LogP contribution in [0.5, 0.6) is 0 Å². The van der Waals surface area contributed by atoms with Crippen LogP contribution in [0.15, 0.2) is 12.1 Å². The first-order chi connectivity index (χ1) is 10.1. The molecule has 0 amide bonds.